The Morgan fingerprint density at radius 1 is 1.17 bits per heavy atom. The van der Waals surface area contributed by atoms with E-state index in [-0.39, 0.29) is 12.0 Å². The van der Waals surface area contributed by atoms with Gasteiger partial charge in [0, 0.05) is 31.8 Å². The number of aliphatic carboxylic acids is 1. The number of aromatic nitrogens is 2. The van der Waals surface area contributed by atoms with Crippen LogP contribution in [0.3, 0.4) is 0 Å². The van der Waals surface area contributed by atoms with E-state index in [4.69, 9.17) is 14.6 Å². The van der Waals surface area contributed by atoms with Gasteiger partial charge in [-0.15, -0.1) is 0 Å². The van der Waals surface area contributed by atoms with E-state index in [0.29, 0.717) is 17.7 Å². The van der Waals surface area contributed by atoms with E-state index in [9.17, 15) is 18.0 Å². The van der Waals surface area contributed by atoms with E-state index in [1.54, 1.807) is 12.3 Å². The first-order chi connectivity index (χ1) is 14.3. The lowest BCUT2D eigenvalue weighted by atomic mass is 9.84. The third kappa shape index (κ3) is 5.45. The molecule has 1 amide bonds. The average molecular weight is 430 g/mol. The molecular weight excluding hydrogens is 405 g/mol. The quantitative estimate of drug-likeness (QED) is 0.765. The van der Waals surface area contributed by atoms with Crippen LogP contribution in [0.2, 0.25) is 0 Å². The zero-order chi connectivity index (χ0) is 21.7. The molecule has 1 aromatic heterocycles. The standard InChI is InChI=1S/C17H24N4O2.C2HF3O2/c22-17(14-5-6-18-12-19-14)21-10-13-4-3-9-23-16(13)15(11-21)20-7-1-2-8-20;3-2(4,5)1(6)7/h5-6,12-13,15-16H,1-4,7-11H2;(H,6,7)/t13-,15+,16-;/m0./s1. The van der Waals surface area contributed by atoms with Gasteiger partial charge < -0.3 is 14.7 Å². The summed E-state index contributed by atoms with van der Waals surface area (Å²) in [4.78, 5) is 34.3. The second kappa shape index (κ2) is 9.69. The van der Waals surface area contributed by atoms with Crippen molar-refractivity contribution in [3.8, 4) is 0 Å². The lowest BCUT2D eigenvalue weighted by Crippen LogP contribution is -2.61. The fourth-order valence-corrected chi connectivity index (χ4v) is 4.31. The summed E-state index contributed by atoms with van der Waals surface area (Å²) in [6.45, 7) is 4.67. The summed E-state index contributed by atoms with van der Waals surface area (Å²) in [6, 6.07) is 2.04. The van der Waals surface area contributed by atoms with Crippen molar-refractivity contribution in [2.45, 2.75) is 44.0 Å². The van der Waals surface area contributed by atoms with E-state index in [0.717, 1.165) is 45.6 Å². The van der Waals surface area contributed by atoms with E-state index in [2.05, 4.69) is 14.9 Å². The van der Waals surface area contributed by atoms with Crippen LogP contribution in [0.25, 0.3) is 0 Å². The molecule has 0 aromatic carbocycles. The molecule has 3 saturated heterocycles. The lowest BCUT2D eigenvalue weighted by Gasteiger charge is -2.48. The first-order valence-electron chi connectivity index (χ1n) is 9.98. The van der Waals surface area contributed by atoms with Crippen LogP contribution in [0.1, 0.15) is 36.2 Å². The molecule has 4 rings (SSSR count). The van der Waals surface area contributed by atoms with E-state index in [1.807, 2.05) is 4.90 Å². The van der Waals surface area contributed by atoms with Gasteiger partial charge in [-0.05, 0) is 44.8 Å². The van der Waals surface area contributed by atoms with Gasteiger partial charge >= 0.3 is 12.1 Å². The van der Waals surface area contributed by atoms with Gasteiger partial charge in [-0.2, -0.15) is 13.2 Å². The minimum Gasteiger partial charge on any atom is -0.475 e. The van der Waals surface area contributed by atoms with Crippen molar-refractivity contribution < 1.29 is 32.6 Å². The summed E-state index contributed by atoms with van der Waals surface area (Å²) >= 11 is 0. The zero-order valence-corrected chi connectivity index (χ0v) is 16.4. The Morgan fingerprint density at radius 3 is 2.47 bits per heavy atom. The fraction of sp³-hybridized carbons (Fsp3) is 0.684. The number of carbonyl (C=O) groups excluding carboxylic acids is 1. The highest BCUT2D eigenvalue weighted by Gasteiger charge is 2.44. The Labute approximate surface area is 172 Å². The highest BCUT2D eigenvalue weighted by Crippen LogP contribution is 2.33. The number of carboxylic acid groups (broad SMARTS) is 1. The largest absolute Gasteiger partial charge is 0.490 e. The van der Waals surface area contributed by atoms with Crippen molar-refractivity contribution in [1.29, 1.82) is 0 Å². The third-order valence-corrected chi connectivity index (χ3v) is 5.68. The topological polar surface area (TPSA) is 95.9 Å². The van der Waals surface area contributed by atoms with Crippen molar-refractivity contribution in [2.75, 3.05) is 32.8 Å². The van der Waals surface area contributed by atoms with Crippen molar-refractivity contribution in [1.82, 2.24) is 19.8 Å². The number of alkyl halides is 3. The minimum atomic E-state index is -5.08. The molecule has 0 spiro atoms. The molecule has 0 aliphatic carbocycles. The molecule has 166 valence electrons. The number of likely N-dealkylation sites (tertiary alicyclic amines) is 2. The number of piperidine rings is 1. The molecule has 0 unspecified atom stereocenters. The number of ether oxygens (including phenoxy) is 1. The van der Waals surface area contributed by atoms with Gasteiger partial charge in [0.2, 0.25) is 0 Å². The van der Waals surface area contributed by atoms with Crippen LogP contribution in [-0.4, -0.2) is 87.9 Å². The monoisotopic (exact) mass is 430 g/mol. The SMILES string of the molecule is O=C(O)C(F)(F)F.O=C(c1ccncn1)N1C[C@@H]2CCCO[C@@H]2[C@H](N2CCCC2)C1. The summed E-state index contributed by atoms with van der Waals surface area (Å²) < 4.78 is 37.9. The molecular formula is C19H25F3N4O4. The number of hydrogen-bond donors (Lipinski definition) is 1. The molecule has 0 saturated carbocycles. The maximum absolute atomic E-state index is 12.8. The summed E-state index contributed by atoms with van der Waals surface area (Å²) in [6.07, 6.45) is 3.06. The predicted molar refractivity (Wildman–Crippen MR) is 98.7 cm³/mol. The molecule has 0 bridgehead atoms. The Balaban J connectivity index is 0.000000318. The van der Waals surface area contributed by atoms with E-state index >= 15 is 0 Å². The highest BCUT2D eigenvalue weighted by atomic mass is 19.4. The summed E-state index contributed by atoms with van der Waals surface area (Å²) in [5, 5.41) is 7.12. The molecule has 1 N–H and O–H groups in total. The van der Waals surface area contributed by atoms with Gasteiger partial charge in [0.1, 0.15) is 12.0 Å². The van der Waals surface area contributed by atoms with Crippen LogP contribution in [0.5, 0.6) is 0 Å². The van der Waals surface area contributed by atoms with Gasteiger partial charge in [0.05, 0.1) is 12.1 Å². The molecule has 3 aliphatic heterocycles. The molecule has 8 nitrogen and oxygen atoms in total. The van der Waals surface area contributed by atoms with E-state index < -0.39 is 12.1 Å². The molecule has 4 heterocycles. The number of carbonyl (C=O) groups is 2. The van der Waals surface area contributed by atoms with Gasteiger partial charge in [-0.25, -0.2) is 14.8 Å². The summed E-state index contributed by atoms with van der Waals surface area (Å²) in [5.41, 5.74) is 0.496. The lowest BCUT2D eigenvalue weighted by molar-refractivity contribution is -0.192. The number of amides is 1. The maximum Gasteiger partial charge on any atom is 0.490 e. The number of carboxylic acids is 1. The van der Waals surface area contributed by atoms with Gasteiger partial charge in [0.25, 0.3) is 5.91 Å². The maximum atomic E-state index is 12.8. The van der Waals surface area contributed by atoms with E-state index in [1.165, 1.54) is 19.2 Å². The van der Waals surface area contributed by atoms with Gasteiger partial charge in [0.15, 0.2) is 0 Å². The molecule has 3 fully saturated rings. The zero-order valence-electron chi connectivity index (χ0n) is 16.4. The number of hydrogen-bond acceptors (Lipinski definition) is 6. The van der Waals surface area contributed by atoms with Crippen molar-refractivity contribution in [3.05, 3.63) is 24.3 Å². The Bertz CT molecular complexity index is 728. The smallest absolute Gasteiger partial charge is 0.475 e. The normalized spacial score (nSPS) is 27.0. The third-order valence-electron chi connectivity index (χ3n) is 5.68. The predicted octanol–water partition coefficient (Wildman–Crippen LogP) is 1.83. The van der Waals surface area contributed by atoms with Crippen LogP contribution in [-0.2, 0) is 9.53 Å². The van der Waals surface area contributed by atoms with Crippen LogP contribution in [0.15, 0.2) is 18.6 Å². The molecule has 3 aliphatic rings. The molecule has 3 atom stereocenters. The summed E-state index contributed by atoms with van der Waals surface area (Å²) in [7, 11) is 0. The van der Waals surface area contributed by atoms with Crippen molar-refractivity contribution in [2.24, 2.45) is 5.92 Å². The van der Waals surface area contributed by atoms with Crippen LogP contribution < -0.4 is 0 Å². The Morgan fingerprint density at radius 2 is 1.87 bits per heavy atom. The van der Waals surface area contributed by atoms with Crippen molar-refractivity contribution >= 4 is 11.9 Å². The first-order valence-corrected chi connectivity index (χ1v) is 9.98. The first kappa shape index (κ1) is 22.4. The van der Waals surface area contributed by atoms with Gasteiger partial charge in [-0.1, -0.05) is 0 Å². The second-order valence-electron chi connectivity index (χ2n) is 7.66. The molecule has 11 heteroatoms. The number of rotatable bonds is 2. The summed E-state index contributed by atoms with van der Waals surface area (Å²) in [5.74, 6) is -2.28. The number of fused-ring (bicyclic) bond motifs is 1. The van der Waals surface area contributed by atoms with Crippen LogP contribution >= 0.6 is 0 Å². The van der Waals surface area contributed by atoms with Crippen molar-refractivity contribution in [3.63, 3.8) is 0 Å². The minimum absolute atomic E-state index is 0.0284. The Hall–Kier alpha value is -2.27. The fourth-order valence-electron chi connectivity index (χ4n) is 4.31. The number of nitrogens with zero attached hydrogens (tertiary/aromatic N) is 4. The average Bonchev–Trinajstić information content (AvgIpc) is 3.27. The number of halogens is 3. The molecule has 1 aromatic rings. The molecule has 30 heavy (non-hydrogen) atoms. The van der Waals surface area contributed by atoms with Gasteiger partial charge in [-0.3, -0.25) is 9.69 Å². The highest BCUT2D eigenvalue weighted by molar-refractivity contribution is 5.92. The van der Waals surface area contributed by atoms with Crippen LogP contribution in [0.4, 0.5) is 13.2 Å². The van der Waals surface area contributed by atoms with Crippen LogP contribution in [0, 0.1) is 5.92 Å². The Kier molecular flexibility index (Phi) is 7.24. The molecule has 0 radical (unpaired) electrons. The second-order valence-corrected chi connectivity index (χ2v) is 7.66.